The highest BCUT2D eigenvalue weighted by Crippen LogP contribution is 2.42. The zero-order valence-corrected chi connectivity index (χ0v) is 16.8. The zero-order valence-electron chi connectivity index (χ0n) is 16.8. The Balaban J connectivity index is 1.53. The number of nitrogens with zero attached hydrogens (tertiary/aromatic N) is 2. The SMILES string of the molecule is CC1CCC(N2CCC(N(C)C(=O)C3CCCCC3C(F)(F)F)CC2)CC1. The van der Waals surface area contributed by atoms with Gasteiger partial charge < -0.3 is 9.80 Å². The summed E-state index contributed by atoms with van der Waals surface area (Å²) in [6.45, 7) is 4.26. The topological polar surface area (TPSA) is 23.6 Å². The molecule has 2 aliphatic carbocycles. The van der Waals surface area contributed by atoms with Gasteiger partial charge in [-0.25, -0.2) is 0 Å². The monoisotopic (exact) mass is 388 g/mol. The summed E-state index contributed by atoms with van der Waals surface area (Å²) in [5, 5.41) is 0. The summed E-state index contributed by atoms with van der Waals surface area (Å²) in [6, 6.07) is 0.753. The van der Waals surface area contributed by atoms with Gasteiger partial charge >= 0.3 is 6.18 Å². The standard InChI is InChI=1S/C21H35F3N2O/c1-15-7-9-17(10-8-15)26-13-11-16(12-14-26)25(2)20(27)18-5-3-4-6-19(18)21(22,23)24/h15-19H,3-14H2,1-2H3. The lowest BCUT2D eigenvalue weighted by atomic mass is 9.77. The lowest BCUT2D eigenvalue weighted by Crippen LogP contribution is -2.52. The summed E-state index contributed by atoms with van der Waals surface area (Å²) in [6.07, 6.45) is 4.42. The van der Waals surface area contributed by atoms with Crippen molar-refractivity contribution in [3.8, 4) is 0 Å². The highest BCUT2D eigenvalue weighted by molar-refractivity contribution is 5.79. The number of carbonyl (C=O) groups excluding carboxylic acids is 1. The summed E-state index contributed by atoms with van der Waals surface area (Å²) in [5.74, 6) is -1.77. The van der Waals surface area contributed by atoms with Crippen LogP contribution < -0.4 is 0 Å². The second-order valence-corrected chi connectivity index (χ2v) is 9.17. The Morgan fingerprint density at radius 2 is 1.52 bits per heavy atom. The van der Waals surface area contributed by atoms with Gasteiger partial charge in [-0.1, -0.05) is 19.8 Å². The molecule has 1 aliphatic heterocycles. The van der Waals surface area contributed by atoms with Gasteiger partial charge in [-0.15, -0.1) is 0 Å². The number of likely N-dealkylation sites (tertiary alicyclic amines) is 1. The fourth-order valence-corrected chi connectivity index (χ4v) is 5.51. The third-order valence-corrected chi connectivity index (χ3v) is 7.40. The van der Waals surface area contributed by atoms with Crippen LogP contribution in [0.4, 0.5) is 13.2 Å². The first-order chi connectivity index (χ1) is 12.8. The third-order valence-electron chi connectivity index (χ3n) is 7.40. The first-order valence-electron chi connectivity index (χ1n) is 10.8. The maximum atomic E-state index is 13.4. The molecule has 0 aromatic carbocycles. The number of amides is 1. The molecule has 0 radical (unpaired) electrons. The summed E-state index contributed by atoms with van der Waals surface area (Å²) < 4.78 is 40.1. The van der Waals surface area contributed by atoms with Gasteiger partial charge in [-0.2, -0.15) is 13.2 Å². The van der Waals surface area contributed by atoms with E-state index in [-0.39, 0.29) is 18.4 Å². The predicted molar refractivity (Wildman–Crippen MR) is 100 cm³/mol. The molecule has 3 nitrogen and oxygen atoms in total. The van der Waals surface area contributed by atoms with E-state index < -0.39 is 18.0 Å². The Morgan fingerprint density at radius 1 is 0.926 bits per heavy atom. The molecular formula is C21H35F3N2O. The first kappa shape index (κ1) is 20.9. The molecule has 2 saturated carbocycles. The van der Waals surface area contributed by atoms with Crippen molar-refractivity contribution in [1.82, 2.24) is 9.80 Å². The van der Waals surface area contributed by atoms with E-state index in [1.807, 2.05) is 0 Å². The van der Waals surface area contributed by atoms with Crippen molar-refractivity contribution in [3.63, 3.8) is 0 Å². The molecule has 1 amide bonds. The second-order valence-electron chi connectivity index (χ2n) is 9.17. The van der Waals surface area contributed by atoms with Gasteiger partial charge in [0.25, 0.3) is 0 Å². The van der Waals surface area contributed by atoms with Gasteiger partial charge in [0, 0.05) is 38.1 Å². The fourth-order valence-electron chi connectivity index (χ4n) is 5.51. The van der Waals surface area contributed by atoms with E-state index in [1.165, 1.54) is 25.7 Å². The summed E-state index contributed by atoms with van der Waals surface area (Å²) in [7, 11) is 1.73. The van der Waals surface area contributed by atoms with E-state index in [4.69, 9.17) is 0 Å². The van der Waals surface area contributed by atoms with Crippen molar-refractivity contribution in [2.24, 2.45) is 17.8 Å². The van der Waals surface area contributed by atoms with Gasteiger partial charge in [0.2, 0.25) is 5.91 Å². The molecule has 3 fully saturated rings. The predicted octanol–water partition coefficient (Wildman–Crippen LogP) is 4.86. The molecule has 3 rings (SSSR count). The lowest BCUT2D eigenvalue weighted by Gasteiger charge is -2.43. The van der Waals surface area contributed by atoms with Crippen molar-refractivity contribution in [1.29, 1.82) is 0 Å². The fraction of sp³-hybridized carbons (Fsp3) is 0.952. The molecule has 0 spiro atoms. The summed E-state index contributed by atoms with van der Waals surface area (Å²) in [5.41, 5.74) is 0. The number of hydrogen-bond donors (Lipinski definition) is 0. The second kappa shape index (κ2) is 8.71. The third kappa shape index (κ3) is 4.99. The minimum Gasteiger partial charge on any atom is -0.342 e. The summed E-state index contributed by atoms with van der Waals surface area (Å²) >= 11 is 0. The average molecular weight is 389 g/mol. The lowest BCUT2D eigenvalue weighted by molar-refractivity contribution is -0.201. The van der Waals surface area contributed by atoms with Crippen molar-refractivity contribution in [2.75, 3.05) is 20.1 Å². The van der Waals surface area contributed by atoms with E-state index in [9.17, 15) is 18.0 Å². The smallest absolute Gasteiger partial charge is 0.342 e. The molecule has 156 valence electrons. The van der Waals surface area contributed by atoms with Crippen LogP contribution in [0.2, 0.25) is 0 Å². The molecule has 1 saturated heterocycles. The number of hydrogen-bond acceptors (Lipinski definition) is 2. The number of halogens is 3. The normalized spacial score (nSPS) is 34.4. The molecule has 27 heavy (non-hydrogen) atoms. The highest BCUT2D eigenvalue weighted by atomic mass is 19.4. The van der Waals surface area contributed by atoms with Crippen LogP contribution in [0.1, 0.15) is 71.1 Å². The maximum absolute atomic E-state index is 13.4. The van der Waals surface area contributed by atoms with Crippen molar-refractivity contribution in [3.05, 3.63) is 0 Å². The van der Waals surface area contributed by atoms with Crippen molar-refractivity contribution >= 4 is 5.91 Å². The molecular weight excluding hydrogens is 353 g/mol. The van der Waals surface area contributed by atoms with Gasteiger partial charge in [0.1, 0.15) is 0 Å². The molecule has 2 unspecified atom stereocenters. The Hall–Kier alpha value is -0.780. The average Bonchev–Trinajstić information content (AvgIpc) is 2.67. The molecule has 0 bridgehead atoms. The van der Waals surface area contributed by atoms with Gasteiger partial charge in [-0.05, 0) is 57.3 Å². The molecule has 0 aromatic heterocycles. The number of alkyl halides is 3. The molecule has 0 aromatic rings. The minimum absolute atomic E-state index is 0.0899. The summed E-state index contributed by atoms with van der Waals surface area (Å²) in [4.78, 5) is 17.1. The maximum Gasteiger partial charge on any atom is 0.392 e. The van der Waals surface area contributed by atoms with E-state index in [1.54, 1.807) is 11.9 Å². The van der Waals surface area contributed by atoms with Gasteiger partial charge in [0.15, 0.2) is 0 Å². The number of carbonyl (C=O) groups is 1. The quantitative estimate of drug-likeness (QED) is 0.690. The Morgan fingerprint density at radius 3 is 2.11 bits per heavy atom. The zero-order chi connectivity index (χ0) is 19.6. The van der Waals surface area contributed by atoms with Crippen LogP contribution in [-0.4, -0.2) is 54.1 Å². The minimum atomic E-state index is -4.26. The van der Waals surface area contributed by atoms with Crippen LogP contribution in [-0.2, 0) is 4.79 Å². The number of piperidine rings is 1. The Bertz CT molecular complexity index is 494. The molecule has 0 N–H and O–H groups in total. The van der Waals surface area contributed by atoms with E-state index in [0.29, 0.717) is 18.9 Å². The Labute approximate surface area is 161 Å². The van der Waals surface area contributed by atoms with Crippen molar-refractivity contribution in [2.45, 2.75) is 89.4 Å². The first-order valence-corrected chi connectivity index (χ1v) is 10.8. The molecule has 3 aliphatic rings. The van der Waals surface area contributed by atoms with Crippen molar-refractivity contribution < 1.29 is 18.0 Å². The number of rotatable bonds is 3. The van der Waals surface area contributed by atoms with Gasteiger partial charge in [0.05, 0.1) is 5.92 Å². The molecule has 6 heteroatoms. The van der Waals surface area contributed by atoms with Crippen LogP contribution in [0.15, 0.2) is 0 Å². The van der Waals surface area contributed by atoms with Crippen LogP contribution in [0.3, 0.4) is 0 Å². The van der Waals surface area contributed by atoms with Crippen LogP contribution in [0.25, 0.3) is 0 Å². The van der Waals surface area contributed by atoms with Crippen LogP contribution in [0, 0.1) is 17.8 Å². The van der Waals surface area contributed by atoms with E-state index in [0.717, 1.165) is 38.3 Å². The molecule has 1 heterocycles. The van der Waals surface area contributed by atoms with Crippen LogP contribution >= 0.6 is 0 Å². The van der Waals surface area contributed by atoms with Crippen LogP contribution in [0.5, 0.6) is 0 Å². The van der Waals surface area contributed by atoms with E-state index >= 15 is 0 Å². The Kier molecular flexibility index (Phi) is 6.75. The van der Waals surface area contributed by atoms with Gasteiger partial charge in [-0.3, -0.25) is 4.79 Å². The largest absolute Gasteiger partial charge is 0.392 e. The highest BCUT2D eigenvalue weighted by Gasteiger charge is 2.49. The molecule has 2 atom stereocenters. The van der Waals surface area contributed by atoms with E-state index in [2.05, 4.69) is 11.8 Å².